The maximum Gasteiger partial charge on any atom is 0.223 e. The van der Waals surface area contributed by atoms with E-state index in [4.69, 9.17) is 6.57 Å². The minimum Gasteiger partial charge on any atom is -0.314 e. The Labute approximate surface area is 76.0 Å². The van der Waals surface area contributed by atoms with Gasteiger partial charge in [0.2, 0.25) is 6.04 Å². The van der Waals surface area contributed by atoms with Crippen LogP contribution < -0.4 is 0 Å². The van der Waals surface area contributed by atoms with Gasteiger partial charge in [0.15, 0.2) is 0 Å². The minimum absolute atomic E-state index is 0.266. The van der Waals surface area contributed by atoms with E-state index in [0.29, 0.717) is 5.92 Å². The van der Waals surface area contributed by atoms with Crippen molar-refractivity contribution in [2.75, 3.05) is 0 Å². The van der Waals surface area contributed by atoms with E-state index in [1.807, 2.05) is 0 Å². The predicted octanol–water partition coefficient (Wildman–Crippen LogP) is 3.51. The fourth-order valence-electron chi connectivity index (χ4n) is 2.18. The molecule has 1 atom stereocenters. The molecule has 1 unspecified atom stereocenters. The molecule has 0 aromatic heterocycles. The fraction of sp³-hybridized carbons (Fsp3) is 0.909. The molecule has 12 heavy (non-hydrogen) atoms. The Morgan fingerprint density at radius 3 is 2.33 bits per heavy atom. The third kappa shape index (κ3) is 2.24. The summed E-state index contributed by atoms with van der Waals surface area (Å²) in [6.07, 6.45) is 6.64. The van der Waals surface area contributed by atoms with Crippen LogP contribution in [0.15, 0.2) is 0 Å². The highest BCUT2D eigenvalue weighted by Crippen LogP contribution is 2.33. The third-order valence-corrected chi connectivity index (χ3v) is 3.35. The number of nitrogens with zero attached hydrogens (tertiary/aromatic N) is 1. The van der Waals surface area contributed by atoms with E-state index < -0.39 is 0 Å². The van der Waals surface area contributed by atoms with E-state index in [0.717, 1.165) is 5.92 Å². The summed E-state index contributed by atoms with van der Waals surface area (Å²) in [7, 11) is 0. The van der Waals surface area contributed by atoms with E-state index >= 15 is 0 Å². The summed E-state index contributed by atoms with van der Waals surface area (Å²) in [6.45, 7) is 11.3. The summed E-state index contributed by atoms with van der Waals surface area (Å²) in [5.41, 5.74) is 0. The highest BCUT2D eigenvalue weighted by atomic mass is 14.7. The van der Waals surface area contributed by atoms with E-state index in [-0.39, 0.29) is 6.04 Å². The van der Waals surface area contributed by atoms with Crippen molar-refractivity contribution in [1.29, 1.82) is 0 Å². The van der Waals surface area contributed by atoms with Gasteiger partial charge >= 0.3 is 0 Å². The molecule has 1 nitrogen and oxygen atoms in total. The van der Waals surface area contributed by atoms with Crippen LogP contribution in [0.1, 0.15) is 46.0 Å². The molecule has 0 spiro atoms. The van der Waals surface area contributed by atoms with Gasteiger partial charge in [0.05, 0.1) is 0 Å². The second kappa shape index (κ2) is 4.50. The molecular weight excluding hydrogens is 146 g/mol. The molecule has 1 aliphatic rings. The van der Waals surface area contributed by atoms with Gasteiger partial charge in [-0.15, -0.1) is 0 Å². The van der Waals surface area contributed by atoms with E-state index in [9.17, 15) is 0 Å². The lowest BCUT2D eigenvalue weighted by Gasteiger charge is -2.26. The van der Waals surface area contributed by atoms with Crippen LogP contribution >= 0.6 is 0 Å². The SMILES string of the molecule is [C-]#[N+]C(C)C1CCC(CC)CC1. The largest absolute Gasteiger partial charge is 0.314 e. The van der Waals surface area contributed by atoms with Crippen molar-refractivity contribution in [2.24, 2.45) is 11.8 Å². The Bertz CT molecular complexity index is 160. The van der Waals surface area contributed by atoms with Crippen LogP contribution in [0.3, 0.4) is 0 Å². The normalized spacial score (nSPS) is 32.4. The molecule has 0 aliphatic heterocycles. The van der Waals surface area contributed by atoms with Gasteiger partial charge in [-0.1, -0.05) is 13.3 Å². The highest BCUT2D eigenvalue weighted by molar-refractivity contribution is 4.85. The molecule has 0 amide bonds. The lowest BCUT2D eigenvalue weighted by Crippen LogP contribution is -2.21. The molecule has 1 saturated carbocycles. The number of rotatable bonds is 2. The average Bonchev–Trinajstić information content (AvgIpc) is 2.17. The second-order valence-corrected chi connectivity index (χ2v) is 4.06. The molecule has 1 fully saturated rings. The lowest BCUT2D eigenvalue weighted by atomic mass is 9.78. The Morgan fingerprint density at radius 1 is 1.33 bits per heavy atom. The van der Waals surface area contributed by atoms with Gasteiger partial charge in [-0.05, 0) is 31.6 Å². The van der Waals surface area contributed by atoms with Crippen molar-refractivity contribution in [1.82, 2.24) is 0 Å². The van der Waals surface area contributed by atoms with Gasteiger partial charge in [0.1, 0.15) is 0 Å². The van der Waals surface area contributed by atoms with Crippen LogP contribution in [0.25, 0.3) is 4.85 Å². The predicted molar refractivity (Wildman–Crippen MR) is 51.8 cm³/mol. The number of hydrogen-bond donors (Lipinski definition) is 0. The van der Waals surface area contributed by atoms with E-state index in [2.05, 4.69) is 18.7 Å². The molecule has 0 saturated heterocycles. The van der Waals surface area contributed by atoms with Gasteiger partial charge in [-0.2, -0.15) is 0 Å². The van der Waals surface area contributed by atoms with E-state index in [1.54, 1.807) is 0 Å². The quantitative estimate of drug-likeness (QED) is 0.551. The first-order valence-corrected chi connectivity index (χ1v) is 5.14. The third-order valence-electron chi connectivity index (χ3n) is 3.35. The Morgan fingerprint density at radius 2 is 1.92 bits per heavy atom. The van der Waals surface area contributed by atoms with Crippen molar-refractivity contribution >= 4 is 0 Å². The molecular formula is C11H19N. The van der Waals surface area contributed by atoms with Crippen LogP contribution in [-0.2, 0) is 0 Å². The molecule has 0 heterocycles. The van der Waals surface area contributed by atoms with Crippen molar-refractivity contribution in [2.45, 2.75) is 52.0 Å². The zero-order chi connectivity index (χ0) is 8.97. The summed E-state index contributed by atoms with van der Waals surface area (Å²) >= 11 is 0. The smallest absolute Gasteiger partial charge is 0.223 e. The standard InChI is InChI=1S/C11H19N/c1-4-10-5-7-11(8-6-10)9(2)12-3/h9-11H,4-8H2,1-2H3. The molecule has 1 aliphatic carbocycles. The summed E-state index contributed by atoms with van der Waals surface area (Å²) in [5, 5.41) is 0. The first-order chi connectivity index (χ1) is 5.77. The first kappa shape index (κ1) is 9.58. The lowest BCUT2D eigenvalue weighted by molar-refractivity contribution is 0.257. The average molecular weight is 165 g/mol. The minimum atomic E-state index is 0.266. The second-order valence-electron chi connectivity index (χ2n) is 4.06. The molecule has 0 radical (unpaired) electrons. The van der Waals surface area contributed by atoms with Crippen LogP contribution in [0, 0.1) is 18.4 Å². The van der Waals surface area contributed by atoms with Gasteiger partial charge in [0, 0.05) is 12.8 Å². The van der Waals surface area contributed by atoms with Crippen molar-refractivity contribution in [3.8, 4) is 0 Å². The van der Waals surface area contributed by atoms with Crippen molar-refractivity contribution in [3.05, 3.63) is 11.4 Å². The molecule has 0 aromatic carbocycles. The summed E-state index contributed by atoms with van der Waals surface area (Å²) in [4.78, 5) is 3.61. The zero-order valence-electron chi connectivity index (χ0n) is 8.21. The van der Waals surface area contributed by atoms with Crippen LogP contribution in [0.5, 0.6) is 0 Å². The summed E-state index contributed by atoms with van der Waals surface area (Å²) in [5.74, 6) is 1.66. The number of hydrogen-bond acceptors (Lipinski definition) is 0. The van der Waals surface area contributed by atoms with Crippen molar-refractivity contribution < 1.29 is 0 Å². The van der Waals surface area contributed by atoms with Gasteiger partial charge in [0.25, 0.3) is 0 Å². The topological polar surface area (TPSA) is 4.36 Å². The molecule has 0 bridgehead atoms. The molecule has 0 aromatic rings. The Balaban J connectivity index is 2.31. The fourth-order valence-corrected chi connectivity index (χ4v) is 2.18. The van der Waals surface area contributed by atoms with Crippen LogP contribution in [0.2, 0.25) is 0 Å². The zero-order valence-corrected chi connectivity index (χ0v) is 8.21. The Hall–Kier alpha value is -0.510. The van der Waals surface area contributed by atoms with E-state index in [1.165, 1.54) is 32.1 Å². The monoisotopic (exact) mass is 165 g/mol. The van der Waals surface area contributed by atoms with Gasteiger partial charge in [-0.3, -0.25) is 0 Å². The molecule has 1 heteroatoms. The van der Waals surface area contributed by atoms with Gasteiger partial charge in [-0.25, -0.2) is 6.57 Å². The summed E-state index contributed by atoms with van der Waals surface area (Å²) < 4.78 is 0. The molecule has 1 rings (SSSR count). The summed E-state index contributed by atoms with van der Waals surface area (Å²) in [6, 6.07) is 0.266. The maximum absolute atomic E-state index is 6.97. The molecule has 68 valence electrons. The van der Waals surface area contributed by atoms with Crippen LogP contribution in [-0.4, -0.2) is 6.04 Å². The van der Waals surface area contributed by atoms with Gasteiger partial charge < -0.3 is 4.85 Å². The molecule has 0 N–H and O–H groups in total. The maximum atomic E-state index is 6.97. The first-order valence-electron chi connectivity index (χ1n) is 5.14. The van der Waals surface area contributed by atoms with Crippen LogP contribution in [0.4, 0.5) is 0 Å². The van der Waals surface area contributed by atoms with Crippen molar-refractivity contribution in [3.63, 3.8) is 0 Å². The Kier molecular flexibility index (Phi) is 3.59. The highest BCUT2D eigenvalue weighted by Gasteiger charge is 2.26.